The van der Waals surface area contributed by atoms with Crippen LogP contribution in [0, 0.1) is 20.8 Å². The lowest BCUT2D eigenvalue weighted by atomic mass is 10.2. The molecule has 3 aromatic rings. The molecule has 3 rings (SSSR count). The summed E-state index contributed by atoms with van der Waals surface area (Å²) in [7, 11) is 1.54. The van der Waals surface area contributed by atoms with E-state index in [0.29, 0.717) is 33.7 Å². The molecule has 1 aromatic carbocycles. The van der Waals surface area contributed by atoms with Crippen molar-refractivity contribution in [2.45, 2.75) is 20.8 Å². The summed E-state index contributed by atoms with van der Waals surface area (Å²) in [5, 5.41) is 10.0. The van der Waals surface area contributed by atoms with Crippen molar-refractivity contribution in [1.82, 2.24) is 15.1 Å². The fourth-order valence-electron chi connectivity index (χ4n) is 2.40. The Labute approximate surface area is 160 Å². The number of rotatable bonds is 5. The maximum atomic E-state index is 12.4. The van der Waals surface area contributed by atoms with Crippen molar-refractivity contribution in [3.63, 3.8) is 0 Å². The largest absolute Gasteiger partial charge is 0.495 e. The lowest BCUT2D eigenvalue weighted by Crippen LogP contribution is -2.15. The van der Waals surface area contributed by atoms with Crippen LogP contribution in [0.15, 0.2) is 28.8 Å². The quantitative estimate of drug-likeness (QED) is 0.680. The van der Waals surface area contributed by atoms with E-state index in [0.717, 1.165) is 5.56 Å². The zero-order chi connectivity index (χ0) is 19.6. The highest BCUT2D eigenvalue weighted by molar-refractivity contribution is 6.31. The number of amides is 1. The number of hydrogen-bond donors (Lipinski definition) is 2. The van der Waals surface area contributed by atoms with Crippen molar-refractivity contribution < 1.29 is 14.1 Å². The minimum Gasteiger partial charge on any atom is -0.495 e. The van der Waals surface area contributed by atoms with E-state index in [1.807, 2.05) is 13.0 Å². The van der Waals surface area contributed by atoms with Crippen LogP contribution in [-0.2, 0) is 0 Å². The summed E-state index contributed by atoms with van der Waals surface area (Å²) in [5.41, 5.74) is 2.32. The van der Waals surface area contributed by atoms with Gasteiger partial charge in [-0.25, -0.2) is 9.97 Å². The number of ether oxygens (including phenoxy) is 1. The molecule has 27 heavy (non-hydrogen) atoms. The van der Waals surface area contributed by atoms with E-state index in [1.54, 1.807) is 39.2 Å². The highest BCUT2D eigenvalue weighted by Crippen LogP contribution is 2.32. The fourth-order valence-corrected chi connectivity index (χ4v) is 2.55. The number of hydrogen-bond acceptors (Lipinski definition) is 7. The molecule has 2 aromatic heterocycles. The summed E-state index contributed by atoms with van der Waals surface area (Å²) >= 11 is 6.13. The van der Waals surface area contributed by atoms with E-state index in [9.17, 15) is 4.79 Å². The molecule has 0 aliphatic heterocycles. The van der Waals surface area contributed by atoms with Gasteiger partial charge in [0, 0.05) is 22.8 Å². The Bertz CT molecular complexity index is 1000. The first kappa shape index (κ1) is 18.7. The molecule has 0 bridgehead atoms. The van der Waals surface area contributed by atoms with Gasteiger partial charge in [-0.15, -0.1) is 0 Å². The van der Waals surface area contributed by atoms with Gasteiger partial charge in [0.1, 0.15) is 17.2 Å². The lowest BCUT2D eigenvalue weighted by Gasteiger charge is -2.13. The van der Waals surface area contributed by atoms with Crippen LogP contribution >= 0.6 is 11.6 Å². The van der Waals surface area contributed by atoms with Crippen LogP contribution in [-0.4, -0.2) is 28.1 Å². The Morgan fingerprint density at radius 1 is 1.15 bits per heavy atom. The minimum absolute atomic E-state index is 0.190. The highest BCUT2D eigenvalue weighted by Gasteiger charge is 2.14. The molecule has 0 saturated heterocycles. The molecule has 0 saturated carbocycles. The molecular formula is C18H18ClN5O3. The van der Waals surface area contributed by atoms with Crippen molar-refractivity contribution in [2.24, 2.45) is 0 Å². The Morgan fingerprint density at radius 3 is 2.59 bits per heavy atom. The third kappa shape index (κ3) is 4.35. The van der Waals surface area contributed by atoms with E-state index in [2.05, 4.69) is 25.8 Å². The number of aryl methyl sites for hydroxylation is 3. The molecule has 0 unspecified atom stereocenters. The molecule has 0 aliphatic carbocycles. The zero-order valence-corrected chi connectivity index (χ0v) is 16.0. The molecule has 0 fully saturated rings. The second-order valence-electron chi connectivity index (χ2n) is 5.92. The van der Waals surface area contributed by atoms with E-state index >= 15 is 0 Å². The maximum absolute atomic E-state index is 12.4. The Balaban J connectivity index is 1.87. The Kier molecular flexibility index (Phi) is 5.27. The number of carbonyl (C=O) groups is 1. The van der Waals surface area contributed by atoms with Gasteiger partial charge in [-0.05, 0) is 38.5 Å². The van der Waals surface area contributed by atoms with Gasteiger partial charge in [0.05, 0.1) is 12.8 Å². The number of halogens is 1. The van der Waals surface area contributed by atoms with E-state index in [-0.39, 0.29) is 11.6 Å². The van der Waals surface area contributed by atoms with Gasteiger partial charge in [-0.1, -0.05) is 16.8 Å². The van der Waals surface area contributed by atoms with Crippen molar-refractivity contribution in [1.29, 1.82) is 0 Å². The average Bonchev–Trinajstić information content (AvgIpc) is 3.02. The number of nitrogens with one attached hydrogen (secondary N) is 2. The third-order valence-electron chi connectivity index (χ3n) is 3.68. The van der Waals surface area contributed by atoms with Crippen LogP contribution in [0.1, 0.15) is 27.5 Å². The van der Waals surface area contributed by atoms with Crippen LogP contribution in [0.2, 0.25) is 5.02 Å². The van der Waals surface area contributed by atoms with E-state index < -0.39 is 5.91 Å². The van der Waals surface area contributed by atoms with Gasteiger partial charge in [0.15, 0.2) is 5.82 Å². The summed E-state index contributed by atoms with van der Waals surface area (Å²) in [6, 6.07) is 6.73. The van der Waals surface area contributed by atoms with Crippen LogP contribution < -0.4 is 15.4 Å². The van der Waals surface area contributed by atoms with Gasteiger partial charge in [-0.3, -0.25) is 4.79 Å². The predicted octanol–water partition coefficient (Wildman–Crippen LogP) is 4.05. The highest BCUT2D eigenvalue weighted by atomic mass is 35.5. The summed E-state index contributed by atoms with van der Waals surface area (Å²) in [6.45, 7) is 5.39. The molecule has 140 valence electrons. The topological polar surface area (TPSA) is 102 Å². The molecule has 0 atom stereocenters. The predicted molar refractivity (Wildman–Crippen MR) is 102 cm³/mol. The number of benzene rings is 1. The number of nitrogens with zero attached hydrogens (tertiary/aromatic N) is 3. The first-order valence-electron chi connectivity index (χ1n) is 8.07. The van der Waals surface area contributed by atoms with Gasteiger partial charge in [0.25, 0.3) is 5.91 Å². The van der Waals surface area contributed by atoms with Crippen LogP contribution in [0.25, 0.3) is 0 Å². The summed E-state index contributed by atoms with van der Waals surface area (Å²) in [6.07, 6.45) is 0. The minimum atomic E-state index is -0.420. The molecule has 2 heterocycles. The molecule has 0 radical (unpaired) electrons. The van der Waals surface area contributed by atoms with Crippen molar-refractivity contribution in [2.75, 3.05) is 17.7 Å². The molecule has 9 heteroatoms. The summed E-state index contributed by atoms with van der Waals surface area (Å²) in [4.78, 5) is 21.1. The van der Waals surface area contributed by atoms with Crippen LogP contribution in [0.4, 0.5) is 17.5 Å². The molecule has 0 spiro atoms. The van der Waals surface area contributed by atoms with Crippen LogP contribution in [0.5, 0.6) is 5.75 Å². The summed E-state index contributed by atoms with van der Waals surface area (Å²) < 4.78 is 10.3. The fraction of sp³-hybridized carbons (Fsp3) is 0.222. The smallest absolute Gasteiger partial charge is 0.275 e. The summed E-state index contributed by atoms with van der Waals surface area (Å²) in [5.74, 6) is 1.29. The maximum Gasteiger partial charge on any atom is 0.275 e. The number of anilines is 3. The molecule has 2 N–H and O–H groups in total. The lowest BCUT2D eigenvalue weighted by molar-refractivity contribution is 0.102. The van der Waals surface area contributed by atoms with Gasteiger partial charge < -0.3 is 19.9 Å². The third-order valence-corrected chi connectivity index (χ3v) is 4.09. The Hall–Kier alpha value is -3.13. The second kappa shape index (κ2) is 7.63. The number of carbonyl (C=O) groups excluding carboxylic acids is 1. The van der Waals surface area contributed by atoms with Crippen molar-refractivity contribution in [3.05, 3.63) is 52.0 Å². The zero-order valence-electron chi connectivity index (χ0n) is 15.3. The molecule has 1 amide bonds. The van der Waals surface area contributed by atoms with Crippen molar-refractivity contribution >= 4 is 35.0 Å². The van der Waals surface area contributed by atoms with Gasteiger partial charge in [-0.2, -0.15) is 0 Å². The van der Waals surface area contributed by atoms with Gasteiger partial charge >= 0.3 is 0 Å². The molecule has 0 aliphatic rings. The Morgan fingerprint density at radius 2 is 1.93 bits per heavy atom. The average molecular weight is 388 g/mol. The first-order chi connectivity index (χ1) is 12.9. The molecule has 8 nitrogen and oxygen atoms in total. The van der Waals surface area contributed by atoms with Gasteiger partial charge in [0.2, 0.25) is 5.95 Å². The monoisotopic (exact) mass is 387 g/mol. The molecular weight excluding hydrogens is 370 g/mol. The first-order valence-corrected chi connectivity index (χ1v) is 8.45. The van der Waals surface area contributed by atoms with Crippen LogP contribution in [0.3, 0.4) is 0 Å². The van der Waals surface area contributed by atoms with E-state index in [1.165, 1.54) is 0 Å². The number of aromatic nitrogens is 3. The SMILES string of the molecule is COc1cc(Cl)c(C)cc1Nc1nc(C)cc(C(=O)Nc2cc(C)on2)n1. The normalized spacial score (nSPS) is 10.6. The number of methoxy groups -OCH3 is 1. The second-order valence-corrected chi connectivity index (χ2v) is 6.33. The van der Waals surface area contributed by atoms with E-state index in [4.69, 9.17) is 20.9 Å². The van der Waals surface area contributed by atoms with Crippen molar-refractivity contribution in [3.8, 4) is 5.75 Å². The standard InChI is InChI=1S/C18H18ClN5O3/c1-9-5-13(15(26-4)8-12(9)19)21-18-20-10(2)6-14(22-18)17(25)23-16-7-11(3)27-24-16/h5-8H,1-4H3,(H,20,21,22)(H,23,24,25).